The Hall–Kier alpha value is -0.800. The number of hydrogen-bond acceptors (Lipinski definition) is 2. The smallest absolute Gasteiger partial charge is 0.105 e. The van der Waals surface area contributed by atoms with Crippen LogP contribution in [-0.2, 0) is 0 Å². The monoisotopic (exact) mass is 280 g/mol. The van der Waals surface area contributed by atoms with Gasteiger partial charge in [0.1, 0.15) is 4.99 Å². The molecule has 0 spiro atoms. The molecule has 2 atom stereocenters. The molecule has 0 aromatic heterocycles. The molecule has 2 aliphatic rings. The third-order valence-electron chi connectivity index (χ3n) is 4.31. The molecule has 2 fully saturated rings. The first-order chi connectivity index (χ1) is 8.65. The van der Waals surface area contributed by atoms with E-state index in [1.54, 1.807) is 0 Å². The highest BCUT2D eigenvalue weighted by molar-refractivity contribution is 7.80. The Morgan fingerprint density at radius 1 is 1.28 bits per heavy atom. The summed E-state index contributed by atoms with van der Waals surface area (Å²) in [6.07, 6.45) is 4.18. The predicted molar refractivity (Wildman–Crippen MR) is 80.4 cm³/mol. The minimum atomic E-state index is 0.366. The molecule has 0 amide bonds. The lowest BCUT2D eigenvalue weighted by Gasteiger charge is -2.20. The molecule has 18 heavy (non-hydrogen) atoms. The maximum absolute atomic E-state index is 6.23. The number of benzene rings is 1. The fourth-order valence-electron chi connectivity index (χ4n) is 3.35. The van der Waals surface area contributed by atoms with Crippen molar-refractivity contribution in [1.82, 2.24) is 0 Å². The van der Waals surface area contributed by atoms with E-state index in [-0.39, 0.29) is 0 Å². The molecule has 1 saturated heterocycles. The van der Waals surface area contributed by atoms with Gasteiger partial charge in [0.15, 0.2) is 0 Å². The Kier molecular flexibility index (Phi) is 3.20. The Morgan fingerprint density at radius 2 is 1.94 bits per heavy atom. The molecule has 1 aromatic rings. The van der Waals surface area contributed by atoms with Crippen LogP contribution in [0.15, 0.2) is 18.2 Å². The summed E-state index contributed by atoms with van der Waals surface area (Å²) >= 11 is 11.2. The molecular weight excluding hydrogens is 264 g/mol. The summed E-state index contributed by atoms with van der Waals surface area (Å²) in [4.78, 5) is 2.81. The van der Waals surface area contributed by atoms with Gasteiger partial charge in [-0.3, -0.25) is 0 Å². The van der Waals surface area contributed by atoms with Gasteiger partial charge in [-0.25, -0.2) is 0 Å². The number of nitrogens with two attached hydrogens (primary N) is 1. The van der Waals surface area contributed by atoms with E-state index in [9.17, 15) is 0 Å². The maximum Gasteiger partial charge on any atom is 0.105 e. The van der Waals surface area contributed by atoms with Crippen LogP contribution in [0.1, 0.15) is 24.8 Å². The molecular formula is C14H17ClN2S. The number of nitrogens with zero attached hydrogens (tertiary/aromatic N) is 1. The van der Waals surface area contributed by atoms with Crippen LogP contribution in [-0.4, -0.2) is 18.1 Å². The molecule has 0 bridgehead atoms. The number of fused-ring (bicyclic) bond motifs is 1. The SMILES string of the molecule is NC(=S)c1ccc(N2CC3CCCC3C2)cc1Cl. The third kappa shape index (κ3) is 2.10. The number of hydrogen-bond donors (Lipinski definition) is 1. The highest BCUT2D eigenvalue weighted by Gasteiger charge is 2.36. The first kappa shape index (κ1) is 12.2. The van der Waals surface area contributed by atoms with Crippen LogP contribution < -0.4 is 10.6 Å². The Bertz CT molecular complexity index is 477. The molecule has 0 radical (unpaired) electrons. The van der Waals surface area contributed by atoms with Crippen molar-refractivity contribution in [2.45, 2.75) is 19.3 Å². The summed E-state index contributed by atoms with van der Waals surface area (Å²) < 4.78 is 0. The van der Waals surface area contributed by atoms with Crippen LogP contribution in [0.2, 0.25) is 5.02 Å². The third-order valence-corrected chi connectivity index (χ3v) is 4.84. The number of rotatable bonds is 2. The van der Waals surface area contributed by atoms with Gasteiger partial charge in [0, 0.05) is 24.3 Å². The molecule has 2 unspecified atom stereocenters. The van der Waals surface area contributed by atoms with Crippen LogP contribution in [0.25, 0.3) is 0 Å². The number of thiocarbonyl (C=S) groups is 1. The van der Waals surface area contributed by atoms with Crippen LogP contribution >= 0.6 is 23.8 Å². The first-order valence-electron chi connectivity index (χ1n) is 6.49. The van der Waals surface area contributed by atoms with Gasteiger partial charge in [-0.2, -0.15) is 0 Å². The lowest BCUT2D eigenvalue weighted by atomic mass is 10.0. The van der Waals surface area contributed by atoms with Gasteiger partial charge in [0.05, 0.1) is 5.02 Å². The van der Waals surface area contributed by atoms with E-state index < -0.39 is 0 Å². The van der Waals surface area contributed by atoms with Crippen molar-refractivity contribution in [2.75, 3.05) is 18.0 Å². The lowest BCUT2D eigenvalue weighted by molar-refractivity contribution is 0.494. The van der Waals surface area contributed by atoms with Gasteiger partial charge in [-0.05, 0) is 42.9 Å². The zero-order valence-corrected chi connectivity index (χ0v) is 11.8. The van der Waals surface area contributed by atoms with Crippen LogP contribution in [0.3, 0.4) is 0 Å². The molecule has 1 heterocycles. The summed E-state index contributed by atoms with van der Waals surface area (Å²) in [5.41, 5.74) is 7.60. The standard InChI is InChI=1S/C14H17ClN2S/c15-13-6-11(4-5-12(13)14(16)18)17-7-9-2-1-3-10(9)8-17/h4-6,9-10H,1-3,7-8H2,(H2,16,18). The van der Waals surface area contributed by atoms with Gasteiger partial charge in [-0.15, -0.1) is 0 Å². The molecule has 1 saturated carbocycles. The minimum absolute atomic E-state index is 0.366. The van der Waals surface area contributed by atoms with Gasteiger partial charge >= 0.3 is 0 Å². The van der Waals surface area contributed by atoms with E-state index in [0.717, 1.165) is 17.4 Å². The fraction of sp³-hybridized carbons (Fsp3) is 0.500. The largest absolute Gasteiger partial charge is 0.389 e. The van der Waals surface area contributed by atoms with Crippen LogP contribution in [0.5, 0.6) is 0 Å². The zero-order chi connectivity index (χ0) is 12.7. The fourth-order valence-corrected chi connectivity index (χ4v) is 3.86. The minimum Gasteiger partial charge on any atom is -0.389 e. The van der Waals surface area contributed by atoms with Gasteiger partial charge in [0.25, 0.3) is 0 Å². The predicted octanol–water partition coefficient (Wildman–Crippen LogP) is 3.21. The van der Waals surface area contributed by atoms with Crippen LogP contribution in [0, 0.1) is 11.8 Å². The molecule has 1 aliphatic heterocycles. The molecule has 2 N–H and O–H groups in total. The normalized spacial score (nSPS) is 26.4. The zero-order valence-electron chi connectivity index (χ0n) is 10.2. The van der Waals surface area contributed by atoms with Gasteiger partial charge < -0.3 is 10.6 Å². The first-order valence-corrected chi connectivity index (χ1v) is 7.28. The molecule has 4 heteroatoms. The van der Waals surface area contributed by atoms with E-state index in [4.69, 9.17) is 29.6 Å². The van der Waals surface area contributed by atoms with E-state index in [1.807, 2.05) is 12.1 Å². The highest BCUT2D eigenvalue weighted by Crippen LogP contribution is 2.40. The van der Waals surface area contributed by atoms with Crippen molar-refractivity contribution in [1.29, 1.82) is 0 Å². The van der Waals surface area contributed by atoms with E-state index in [1.165, 1.54) is 38.0 Å². The summed E-state index contributed by atoms with van der Waals surface area (Å²) in [5.74, 6) is 1.78. The Morgan fingerprint density at radius 3 is 2.50 bits per heavy atom. The summed E-state index contributed by atoms with van der Waals surface area (Å²) in [6.45, 7) is 2.35. The summed E-state index contributed by atoms with van der Waals surface area (Å²) in [5, 5.41) is 0.664. The highest BCUT2D eigenvalue weighted by atomic mass is 35.5. The van der Waals surface area contributed by atoms with E-state index >= 15 is 0 Å². The van der Waals surface area contributed by atoms with Crippen molar-refractivity contribution >= 4 is 34.5 Å². The summed E-state index contributed by atoms with van der Waals surface area (Å²) in [6, 6.07) is 6.02. The van der Waals surface area contributed by atoms with Crippen molar-refractivity contribution in [3.8, 4) is 0 Å². The Labute approximate surface area is 118 Å². The summed E-state index contributed by atoms with van der Waals surface area (Å²) in [7, 11) is 0. The van der Waals surface area contributed by atoms with Crippen molar-refractivity contribution in [3.63, 3.8) is 0 Å². The van der Waals surface area contributed by atoms with Crippen molar-refractivity contribution in [3.05, 3.63) is 28.8 Å². The quantitative estimate of drug-likeness (QED) is 0.844. The topological polar surface area (TPSA) is 29.3 Å². The van der Waals surface area contributed by atoms with E-state index in [0.29, 0.717) is 10.0 Å². The second kappa shape index (κ2) is 4.71. The van der Waals surface area contributed by atoms with Crippen molar-refractivity contribution < 1.29 is 0 Å². The lowest BCUT2D eigenvalue weighted by Crippen LogP contribution is -2.21. The molecule has 3 rings (SSSR count). The second-order valence-electron chi connectivity index (χ2n) is 5.38. The molecule has 2 nitrogen and oxygen atoms in total. The Balaban J connectivity index is 1.81. The van der Waals surface area contributed by atoms with E-state index in [2.05, 4.69) is 11.0 Å². The van der Waals surface area contributed by atoms with Gasteiger partial charge in [-0.1, -0.05) is 30.2 Å². The average Bonchev–Trinajstić information content (AvgIpc) is 2.87. The number of anilines is 1. The molecule has 1 aromatic carbocycles. The average molecular weight is 281 g/mol. The molecule has 96 valence electrons. The molecule has 1 aliphatic carbocycles. The number of halogens is 1. The van der Waals surface area contributed by atoms with Crippen LogP contribution in [0.4, 0.5) is 5.69 Å². The van der Waals surface area contributed by atoms with Gasteiger partial charge in [0.2, 0.25) is 0 Å². The second-order valence-corrected chi connectivity index (χ2v) is 6.23. The van der Waals surface area contributed by atoms with Crippen molar-refractivity contribution in [2.24, 2.45) is 17.6 Å². The maximum atomic E-state index is 6.23.